The average Bonchev–Trinajstić information content (AvgIpc) is 2.61. The predicted octanol–water partition coefficient (Wildman–Crippen LogP) is 4.06. The Labute approximate surface area is 181 Å². The zero-order valence-electron chi connectivity index (χ0n) is 15.4. The van der Waals surface area contributed by atoms with E-state index in [0.717, 1.165) is 18.5 Å². The van der Waals surface area contributed by atoms with Gasteiger partial charge in [0, 0.05) is 25.4 Å². The number of rotatable bonds is 8. The smallest absolute Gasteiger partial charge is 0.191 e. The molecule has 0 spiro atoms. The van der Waals surface area contributed by atoms with Crippen molar-refractivity contribution in [2.45, 2.75) is 26.4 Å². The lowest BCUT2D eigenvalue weighted by Crippen LogP contribution is -2.39. The SMILES string of the molecule is CCNC(=NCC(C)Oc1cccc(F)c1)NCCc1ccc(Cl)nc1.I. The highest BCUT2D eigenvalue weighted by Crippen LogP contribution is 2.13. The van der Waals surface area contributed by atoms with Crippen molar-refractivity contribution in [3.8, 4) is 5.75 Å². The van der Waals surface area contributed by atoms with Gasteiger partial charge in [-0.05, 0) is 44.0 Å². The lowest BCUT2D eigenvalue weighted by atomic mass is 10.2. The van der Waals surface area contributed by atoms with Crippen LogP contribution >= 0.6 is 35.6 Å². The van der Waals surface area contributed by atoms with Gasteiger partial charge in [0.05, 0.1) is 6.54 Å². The molecule has 0 fully saturated rings. The third-order valence-corrected chi connectivity index (χ3v) is 3.70. The molecule has 148 valence electrons. The van der Waals surface area contributed by atoms with E-state index in [1.165, 1.54) is 12.1 Å². The predicted molar refractivity (Wildman–Crippen MR) is 119 cm³/mol. The fourth-order valence-corrected chi connectivity index (χ4v) is 2.36. The summed E-state index contributed by atoms with van der Waals surface area (Å²) in [7, 11) is 0. The van der Waals surface area contributed by atoms with Crippen LogP contribution in [0.15, 0.2) is 47.6 Å². The maximum atomic E-state index is 13.2. The van der Waals surface area contributed by atoms with Crippen molar-refractivity contribution in [1.29, 1.82) is 0 Å². The first kappa shape index (κ1) is 23.4. The first-order valence-corrected chi connectivity index (χ1v) is 8.99. The largest absolute Gasteiger partial charge is 0.489 e. The van der Waals surface area contributed by atoms with Crippen LogP contribution in [0.25, 0.3) is 0 Å². The maximum absolute atomic E-state index is 13.2. The molecule has 8 heteroatoms. The zero-order chi connectivity index (χ0) is 18.8. The Kier molecular flexibility index (Phi) is 11.0. The van der Waals surface area contributed by atoms with E-state index in [0.29, 0.717) is 30.0 Å². The molecule has 2 aromatic rings. The molecule has 0 amide bonds. The number of hydrogen-bond acceptors (Lipinski definition) is 3. The minimum atomic E-state index is -0.315. The first-order valence-electron chi connectivity index (χ1n) is 8.61. The molecular weight excluding hydrogens is 482 g/mol. The van der Waals surface area contributed by atoms with E-state index in [2.05, 4.69) is 20.6 Å². The molecule has 1 aromatic heterocycles. The standard InChI is InChI=1S/C19H24ClFN4O.HI/c1-3-22-19(23-10-9-15-7-8-18(20)24-13-15)25-12-14(2)26-17-6-4-5-16(21)11-17;/h4-8,11,13-14H,3,9-10,12H2,1-2H3,(H2,22,23,25);1H. The van der Waals surface area contributed by atoms with Gasteiger partial charge in [-0.1, -0.05) is 23.7 Å². The summed E-state index contributed by atoms with van der Waals surface area (Å²) >= 11 is 5.79. The van der Waals surface area contributed by atoms with Crippen LogP contribution in [0.3, 0.4) is 0 Å². The topological polar surface area (TPSA) is 58.5 Å². The van der Waals surface area contributed by atoms with Gasteiger partial charge in [-0.3, -0.25) is 0 Å². The minimum Gasteiger partial charge on any atom is -0.489 e. The van der Waals surface area contributed by atoms with E-state index in [-0.39, 0.29) is 35.9 Å². The number of nitrogens with one attached hydrogen (secondary N) is 2. The average molecular weight is 507 g/mol. The molecule has 0 aliphatic rings. The molecule has 27 heavy (non-hydrogen) atoms. The van der Waals surface area contributed by atoms with E-state index in [1.807, 2.05) is 19.9 Å². The van der Waals surface area contributed by atoms with Crippen LogP contribution in [-0.4, -0.2) is 36.7 Å². The normalized spacial score (nSPS) is 12.1. The fourth-order valence-electron chi connectivity index (χ4n) is 2.25. The Morgan fingerprint density at radius 3 is 2.78 bits per heavy atom. The monoisotopic (exact) mass is 506 g/mol. The molecular formula is C19H25ClFIN4O. The number of hydrogen-bond donors (Lipinski definition) is 2. The Morgan fingerprint density at radius 2 is 2.11 bits per heavy atom. The summed E-state index contributed by atoms with van der Waals surface area (Å²) in [6.45, 7) is 5.83. The van der Waals surface area contributed by atoms with Gasteiger partial charge in [0.15, 0.2) is 5.96 Å². The van der Waals surface area contributed by atoms with Crippen LogP contribution < -0.4 is 15.4 Å². The van der Waals surface area contributed by atoms with Gasteiger partial charge in [-0.25, -0.2) is 14.4 Å². The van der Waals surface area contributed by atoms with Crippen LogP contribution in [-0.2, 0) is 6.42 Å². The van der Waals surface area contributed by atoms with Gasteiger partial charge < -0.3 is 15.4 Å². The maximum Gasteiger partial charge on any atom is 0.191 e. The number of pyridine rings is 1. The van der Waals surface area contributed by atoms with Crippen molar-refractivity contribution in [3.05, 3.63) is 59.1 Å². The van der Waals surface area contributed by atoms with E-state index in [9.17, 15) is 4.39 Å². The van der Waals surface area contributed by atoms with Gasteiger partial charge in [0.1, 0.15) is 22.8 Å². The van der Waals surface area contributed by atoms with E-state index in [4.69, 9.17) is 16.3 Å². The Hall–Kier alpha value is -1.61. The molecule has 0 aliphatic heterocycles. The Bertz CT molecular complexity index is 715. The summed E-state index contributed by atoms with van der Waals surface area (Å²) in [6.07, 6.45) is 2.40. The van der Waals surface area contributed by atoms with Crippen molar-refractivity contribution in [2.75, 3.05) is 19.6 Å². The van der Waals surface area contributed by atoms with Crippen molar-refractivity contribution in [3.63, 3.8) is 0 Å². The summed E-state index contributed by atoms with van der Waals surface area (Å²) in [5, 5.41) is 6.96. The minimum absolute atomic E-state index is 0. The lowest BCUT2D eigenvalue weighted by molar-refractivity contribution is 0.229. The molecule has 0 radical (unpaired) electrons. The number of aliphatic imine (C=N–C) groups is 1. The second kappa shape index (κ2) is 12.7. The number of nitrogens with zero attached hydrogens (tertiary/aromatic N) is 2. The second-order valence-electron chi connectivity index (χ2n) is 5.77. The molecule has 5 nitrogen and oxygen atoms in total. The number of aromatic nitrogens is 1. The number of ether oxygens (including phenoxy) is 1. The van der Waals surface area contributed by atoms with Gasteiger partial charge in [-0.15, -0.1) is 24.0 Å². The van der Waals surface area contributed by atoms with E-state index in [1.54, 1.807) is 24.4 Å². The van der Waals surface area contributed by atoms with Crippen molar-refractivity contribution < 1.29 is 9.13 Å². The first-order chi connectivity index (χ1) is 12.6. The Balaban J connectivity index is 0.00000364. The van der Waals surface area contributed by atoms with Crippen LogP contribution in [0, 0.1) is 5.82 Å². The highest BCUT2D eigenvalue weighted by Gasteiger charge is 2.05. The fraction of sp³-hybridized carbons (Fsp3) is 0.368. The van der Waals surface area contributed by atoms with E-state index >= 15 is 0 Å². The summed E-state index contributed by atoms with van der Waals surface area (Å²) in [5.74, 6) is 0.898. The van der Waals surface area contributed by atoms with Gasteiger partial charge in [0.25, 0.3) is 0 Å². The molecule has 1 unspecified atom stereocenters. The van der Waals surface area contributed by atoms with Crippen molar-refractivity contribution in [2.24, 2.45) is 4.99 Å². The molecule has 2 N–H and O–H groups in total. The molecule has 0 bridgehead atoms. The van der Waals surface area contributed by atoms with Crippen LogP contribution in [0.1, 0.15) is 19.4 Å². The van der Waals surface area contributed by atoms with Gasteiger partial charge >= 0.3 is 0 Å². The Morgan fingerprint density at radius 1 is 1.30 bits per heavy atom. The van der Waals surface area contributed by atoms with Crippen molar-refractivity contribution >= 4 is 41.5 Å². The van der Waals surface area contributed by atoms with Crippen LogP contribution in [0.5, 0.6) is 5.75 Å². The molecule has 0 aliphatic carbocycles. The summed E-state index contributed by atoms with van der Waals surface area (Å²) < 4.78 is 18.9. The summed E-state index contributed by atoms with van der Waals surface area (Å²) in [4.78, 5) is 8.58. The molecule has 0 saturated heterocycles. The number of halogens is 3. The highest BCUT2D eigenvalue weighted by atomic mass is 127. The molecule has 2 rings (SSSR count). The van der Waals surface area contributed by atoms with Gasteiger partial charge in [0.2, 0.25) is 0 Å². The second-order valence-corrected chi connectivity index (χ2v) is 6.16. The summed E-state index contributed by atoms with van der Waals surface area (Å²) in [6, 6.07) is 9.84. The van der Waals surface area contributed by atoms with Gasteiger partial charge in [-0.2, -0.15) is 0 Å². The quantitative estimate of drug-likeness (QED) is 0.245. The molecule has 0 saturated carbocycles. The number of guanidine groups is 1. The number of benzene rings is 1. The van der Waals surface area contributed by atoms with Crippen LogP contribution in [0.2, 0.25) is 5.15 Å². The molecule has 1 atom stereocenters. The van der Waals surface area contributed by atoms with Crippen molar-refractivity contribution in [1.82, 2.24) is 15.6 Å². The van der Waals surface area contributed by atoms with E-state index < -0.39 is 0 Å². The van der Waals surface area contributed by atoms with Crippen LogP contribution in [0.4, 0.5) is 4.39 Å². The zero-order valence-corrected chi connectivity index (χ0v) is 18.5. The third kappa shape index (κ3) is 9.23. The lowest BCUT2D eigenvalue weighted by Gasteiger charge is -2.15. The summed E-state index contributed by atoms with van der Waals surface area (Å²) in [5.41, 5.74) is 1.10. The molecule has 1 heterocycles. The highest BCUT2D eigenvalue weighted by molar-refractivity contribution is 14.0. The third-order valence-electron chi connectivity index (χ3n) is 3.48. The molecule has 1 aromatic carbocycles.